The third-order valence-electron chi connectivity index (χ3n) is 2.38. The van der Waals surface area contributed by atoms with Crippen LogP contribution in [0.15, 0.2) is 35.4 Å². The van der Waals surface area contributed by atoms with Crippen molar-refractivity contribution in [2.24, 2.45) is 7.05 Å². The van der Waals surface area contributed by atoms with E-state index in [1.54, 1.807) is 19.2 Å². The van der Waals surface area contributed by atoms with Crippen LogP contribution in [0.2, 0.25) is 0 Å². The largest absolute Gasteiger partial charge is 0.383 e. The summed E-state index contributed by atoms with van der Waals surface area (Å²) in [6.07, 6.45) is 1.47. The lowest BCUT2D eigenvalue weighted by atomic mass is 10.3. The van der Waals surface area contributed by atoms with Crippen LogP contribution in [0.1, 0.15) is 0 Å². The molecule has 0 aliphatic heterocycles. The Morgan fingerprint density at radius 2 is 2.06 bits per heavy atom. The fourth-order valence-electron chi connectivity index (χ4n) is 1.45. The Balaban J connectivity index is 1.90. The van der Waals surface area contributed by atoms with Crippen LogP contribution in [0, 0.1) is 5.82 Å². The Labute approximate surface area is 97.5 Å². The maximum Gasteiger partial charge on any atom is 0.345 e. The van der Waals surface area contributed by atoms with Crippen LogP contribution in [0.5, 0.6) is 0 Å². The molecule has 0 unspecified atom stereocenters. The molecule has 0 saturated heterocycles. The molecule has 0 bridgehead atoms. The van der Waals surface area contributed by atoms with Crippen molar-refractivity contribution in [3.8, 4) is 0 Å². The van der Waals surface area contributed by atoms with E-state index in [0.29, 0.717) is 13.1 Å². The summed E-state index contributed by atoms with van der Waals surface area (Å²) in [6.45, 7) is 1.03. The SMILES string of the molecule is Cn1cnn(CCNc2ccc(F)cc2)c1=O. The molecule has 0 radical (unpaired) electrons. The monoisotopic (exact) mass is 236 g/mol. The van der Waals surface area contributed by atoms with E-state index in [9.17, 15) is 9.18 Å². The van der Waals surface area contributed by atoms with Crippen LogP contribution in [0.25, 0.3) is 0 Å². The number of halogens is 1. The summed E-state index contributed by atoms with van der Waals surface area (Å²) in [5.74, 6) is -0.267. The molecular weight excluding hydrogens is 223 g/mol. The van der Waals surface area contributed by atoms with Gasteiger partial charge in [0.25, 0.3) is 0 Å². The van der Waals surface area contributed by atoms with Crippen molar-refractivity contribution in [2.75, 3.05) is 11.9 Å². The van der Waals surface area contributed by atoms with Crippen LogP contribution in [-0.4, -0.2) is 20.9 Å². The summed E-state index contributed by atoms with van der Waals surface area (Å²) in [7, 11) is 1.65. The van der Waals surface area contributed by atoms with Gasteiger partial charge in [-0.25, -0.2) is 13.9 Å². The van der Waals surface area contributed by atoms with Gasteiger partial charge in [0.05, 0.1) is 6.54 Å². The van der Waals surface area contributed by atoms with Crippen LogP contribution in [0.4, 0.5) is 10.1 Å². The first-order valence-corrected chi connectivity index (χ1v) is 5.25. The van der Waals surface area contributed by atoms with E-state index < -0.39 is 0 Å². The summed E-state index contributed by atoms with van der Waals surface area (Å²) in [5, 5.41) is 7.01. The molecule has 0 atom stereocenters. The topological polar surface area (TPSA) is 51.9 Å². The fraction of sp³-hybridized carbons (Fsp3) is 0.273. The minimum absolute atomic E-state index is 0.147. The Morgan fingerprint density at radius 3 is 2.65 bits per heavy atom. The van der Waals surface area contributed by atoms with Gasteiger partial charge in [-0.3, -0.25) is 4.57 Å². The molecule has 0 amide bonds. The molecular formula is C11H13FN4O. The second-order valence-corrected chi connectivity index (χ2v) is 3.68. The molecule has 0 fully saturated rings. The highest BCUT2D eigenvalue weighted by Crippen LogP contribution is 2.07. The summed E-state index contributed by atoms with van der Waals surface area (Å²) in [5.41, 5.74) is 0.668. The first-order valence-electron chi connectivity index (χ1n) is 5.25. The van der Waals surface area contributed by atoms with Crippen molar-refractivity contribution in [2.45, 2.75) is 6.54 Å². The highest BCUT2D eigenvalue weighted by molar-refractivity contribution is 5.42. The Kier molecular flexibility index (Phi) is 3.22. The number of hydrogen-bond acceptors (Lipinski definition) is 3. The molecule has 2 rings (SSSR count). The van der Waals surface area contributed by atoms with Gasteiger partial charge in [-0.2, -0.15) is 5.10 Å². The average Bonchev–Trinajstić information content (AvgIpc) is 2.64. The van der Waals surface area contributed by atoms with Gasteiger partial charge in [-0.15, -0.1) is 0 Å². The average molecular weight is 236 g/mol. The number of hydrogen-bond donors (Lipinski definition) is 1. The number of aromatic nitrogens is 3. The van der Waals surface area contributed by atoms with Crippen LogP contribution >= 0.6 is 0 Å². The first-order chi connectivity index (χ1) is 8.16. The highest BCUT2D eigenvalue weighted by Gasteiger charge is 2.00. The van der Waals surface area contributed by atoms with Gasteiger partial charge in [0.2, 0.25) is 0 Å². The Morgan fingerprint density at radius 1 is 1.35 bits per heavy atom. The van der Waals surface area contributed by atoms with E-state index in [1.807, 2.05) is 0 Å². The van der Waals surface area contributed by atoms with Crippen molar-refractivity contribution in [3.63, 3.8) is 0 Å². The standard InChI is InChI=1S/C11H13FN4O/c1-15-8-14-16(11(15)17)7-6-13-10-4-2-9(12)3-5-10/h2-5,8,13H,6-7H2,1H3. The van der Waals surface area contributed by atoms with Gasteiger partial charge >= 0.3 is 5.69 Å². The zero-order valence-electron chi connectivity index (χ0n) is 9.43. The van der Waals surface area contributed by atoms with Crippen LogP contribution < -0.4 is 11.0 Å². The maximum absolute atomic E-state index is 12.6. The van der Waals surface area contributed by atoms with E-state index in [0.717, 1.165) is 5.69 Å². The highest BCUT2D eigenvalue weighted by atomic mass is 19.1. The summed E-state index contributed by atoms with van der Waals surface area (Å²) in [6, 6.07) is 6.07. The maximum atomic E-state index is 12.6. The Hall–Kier alpha value is -2.11. The minimum atomic E-state index is -0.267. The fourth-order valence-corrected chi connectivity index (χ4v) is 1.45. The van der Waals surface area contributed by atoms with E-state index in [1.165, 1.54) is 27.7 Å². The first kappa shape index (κ1) is 11.4. The number of aryl methyl sites for hydroxylation is 1. The smallest absolute Gasteiger partial charge is 0.345 e. The number of anilines is 1. The van der Waals surface area contributed by atoms with E-state index >= 15 is 0 Å². The van der Waals surface area contributed by atoms with E-state index in [-0.39, 0.29) is 11.5 Å². The second-order valence-electron chi connectivity index (χ2n) is 3.68. The number of benzene rings is 1. The predicted molar refractivity (Wildman–Crippen MR) is 62.4 cm³/mol. The predicted octanol–water partition coefficient (Wildman–Crippen LogP) is 0.833. The second kappa shape index (κ2) is 4.82. The van der Waals surface area contributed by atoms with Gasteiger partial charge in [0, 0.05) is 19.3 Å². The van der Waals surface area contributed by atoms with Crippen LogP contribution in [0.3, 0.4) is 0 Å². The molecule has 0 aliphatic carbocycles. The summed E-state index contributed by atoms with van der Waals surface area (Å²) in [4.78, 5) is 11.4. The lowest BCUT2D eigenvalue weighted by Crippen LogP contribution is -2.25. The number of nitrogens with zero attached hydrogens (tertiary/aromatic N) is 3. The van der Waals surface area contributed by atoms with Crippen molar-refractivity contribution < 1.29 is 4.39 Å². The molecule has 1 aromatic carbocycles. The van der Waals surface area contributed by atoms with Crippen molar-refractivity contribution in [1.29, 1.82) is 0 Å². The molecule has 1 N–H and O–H groups in total. The normalized spacial score (nSPS) is 10.5. The molecule has 0 saturated carbocycles. The third kappa shape index (κ3) is 2.72. The van der Waals surface area contributed by atoms with Crippen LogP contribution in [-0.2, 0) is 13.6 Å². The summed E-state index contributed by atoms with van der Waals surface area (Å²) < 4.78 is 15.4. The van der Waals surface area contributed by atoms with Gasteiger partial charge in [-0.05, 0) is 24.3 Å². The molecule has 17 heavy (non-hydrogen) atoms. The lowest BCUT2D eigenvalue weighted by Gasteiger charge is -2.05. The molecule has 90 valence electrons. The molecule has 2 aromatic rings. The van der Waals surface area contributed by atoms with Crippen molar-refractivity contribution >= 4 is 5.69 Å². The molecule has 5 nitrogen and oxygen atoms in total. The molecule has 0 aliphatic rings. The zero-order chi connectivity index (χ0) is 12.3. The van der Waals surface area contributed by atoms with E-state index in [4.69, 9.17) is 0 Å². The van der Waals surface area contributed by atoms with Gasteiger partial charge < -0.3 is 5.32 Å². The van der Waals surface area contributed by atoms with Crippen molar-refractivity contribution in [3.05, 3.63) is 46.9 Å². The number of nitrogens with one attached hydrogen (secondary N) is 1. The van der Waals surface area contributed by atoms with Gasteiger partial charge in [0.1, 0.15) is 12.1 Å². The van der Waals surface area contributed by atoms with E-state index in [2.05, 4.69) is 10.4 Å². The van der Waals surface area contributed by atoms with Gasteiger partial charge in [0.15, 0.2) is 0 Å². The van der Waals surface area contributed by atoms with Crippen molar-refractivity contribution in [1.82, 2.24) is 14.3 Å². The quantitative estimate of drug-likeness (QED) is 0.855. The minimum Gasteiger partial charge on any atom is -0.383 e. The third-order valence-corrected chi connectivity index (χ3v) is 2.38. The molecule has 6 heteroatoms. The van der Waals surface area contributed by atoms with Gasteiger partial charge in [-0.1, -0.05) is 0 Å². The Bertz CT molecular complexity index is 543. The molecule has 1 aromatic heterocycles. The molecule has 1 heterocycles. The number of rotatable bonds is 4. The lowest BCUT2D eigenvalue weighted by molar-refractivity contribution is 0.604. The summed E-state index contributed by atoms with van der Waals surface area (Å²) >= 11 is 0. The molecule has 0 spiro atoms. The zero-order valence-corrected chi connectivity index (χ0v) is 9.43.